The molecule has 0 aromatic carbocycles. The summed E-state index contributed by atoms with van der Waals surface area (Å²) in [7, 11) is 0. The van der Waals surface area contributed by atoms with E-state index < -0.39 is 0 Å². The minimum Gasteiger partial charge on any atom is -0.382 e. The number of nitrogen functional groups attached to an aromatic ring is 1. The van der Waals surface area contributed by atoms with Crippen LogP contribution < -0.4 is 11.1 Å². The second kappa shape index (κ2) is 3.23. The van der Waals surface area contributed by atoms with Crippen LogP contribution in [0.5, 0.6) is 0 Å². The van der Waals surface area contributed by atoms with Crippen molar-refractivity contribution in [3.63, 3.8) is 0 Å². The highest BCUT2D eigenvalue weighted by atomic mass is 35.5. The maximum Gasteiger partial charge on any atom is 0.150 e. The van der Waals surface area contributed by atoms with E-state index in [9.17, 15) is 0 Å². The summed E-state index contributed by atoms with van der Waals surface area (Å²) >= 11 is 6.04. The van der Waals surface area contributed by atoms with Crippen LogP contribution >= 0.6 is 11.6 Å². The number of hydrogen-bond donors (Lipinski definition) is 2. The average Bonchev–Trinajstić information content (AvgIpc) is 2.55. The summed E-state index contributed by atoms with van der Waals surface area (Å²) in [5.41, 5.74) is 6.09. The summed E-state index contributed by atoms with van der Waals surface area (Å²) in [6.07, 6.45) is 1.42. The number of anilines is 2. The van der Waals surface area contributed by atoms with E-state index in [1.165, 1.54) is 6.33 Å². The molecule has 3 N–H and O–H groups in total. The molecular weight excluding hydrogens is 224 g/mol. The molecule has 0 radical (unpaired) electrons. The minimum atomic E-state index is 0.232. The number of aromatic nitrogens is 2. The van der Waals surface area contributed by atoms with Gasteiger partial charge in [0.25, 0.3) is 0 Å². The van der Waals surface area contributed by atoms with Gasteiger partial charge in [-0.25, -0.2) is 9.97 Å². The molecule has 0 saturated heterocycles. The molecular formula is C11H17ClN4. The normalized spacial score (nSPS) is 21.8. The molecule has 1 fully saturated rings. The predicted molar refractivity (Wildman–Crippen MR) is 66.4 cm³/mol. The van der Waals surface area contributed by atoms with E-state index in [-0.39, 0.29) is 10.8 Å². The van der Waals surface area contributed by atoms with E-state index in [1.807, 2.05) is 0 Å². The Morgan fingerprint density at radius 2 is 1.81 bits per heavy atom. The maximum absolute atomic E-state index is 6.04. The Bertz CT molecular complexity index is 414. The van der Waals surface area contributed by atoms with Crippen LogP contribution in [0.4, 0.5) is 11.6 Å². The van der Waals surface area contributed by atoms with Gasteiger partial charge in [0.2, 0.25) is 0 Å². The van der Waals surface area contributed by atoms with Crippen LogP contribution in [0.2, 0.25) is 5.02 Å². The fourth-order valence-electron chi connectivity index (χ4n) is 2.18. The highest BCUT2D eigenvalue weighted by molar-refractivity contribution is 6.35. The Hall–Kier alpha value is -1.03. The lowest BCUT2D eigenvalue weighted by atomic mass is 10.0. The smallest absolute Gasteiger partial charge is 0.150 e. The predicted octanol–water partition coefficient (Wildman–Crippen LogP) is 2.56. The number of nitrogens with two attached hydrogens (primary N) is 1. The van der Waals surface area contributed by atoms with Gasteiger partial charge in [-0.05, 0) is 10.8 Å². The summed E-state index contributed by atoms with van der Waals surface area (Å²) < 4.78 is 0. The first kappa shape index (κ1) is 11.5. The van der Waals surface area contributed by atoms with Gasteiger partial charge in [0.15, 0.2) is 5.82 Å². The molecule has 1 aromatic rings. The van der Waals surface area contributed by atoms with E-state index in [0.29, 0.717) is 22.7 Å². The third kappa shape index (κ3) is 1.44. The Balaban J connectivity index is 2.21. The molecule has 1 aliphatic carbocycles. The highest BCUT2D eigenvalue weighted by Gasteiger charge is 2.65. The number of hydrogen-bond acceptors (Lipinski definition) is 4. The minimum absolute atomic E-state index is 0.232. The molecule has 5 heteroatoms. The SMILES string of the molecule is CC1(C)C(Nc2ncnc(N)c2Cl)C1(C)C. The lowest BCUT2D eigenvalue weighted by molar-refractivity contribution is 0.457. The van der Waals surface area contributed by atoms with Crippen LogP contribution in [0.15, 0.2) is 6.33 Å². The van der Waals surface area contributed by atoms with Gasteiger partial charge in [-0.2, -0.15) is 0 Å². The Morgan fingerprint density at radius 3 is 2.31 bits per heavy atom. The first-order valence-electron chi connectivity index (χ1n) is 5.31. The van der Waals surface area contributed by atoms with Crippen LogP contribution in [0, 0.1) is 10.8 Å². The van der Waals surface area contributed by atoms with Crippen molar-refractivity contribution < 1.29 is 0 Å². The van der Waals surface area contributed by atoms with Gasteiger partial charge < -0.3 is 11.1 Å². The van der Waals surface area contributed by atoms with Crippen molar-refractivity contribution in [3.8, 4) is 0 Å². The van der Waals surface area contributed by atoms with E-state index in [0.717, 1.165) is 0 Å². The Labute approximate surface area is 101 Å². The molecule has 0 unspecified atom stereocenters. The van der Waals surface area contributed by atoms with Gasteiger partial charge in [-0.3, -0.25) is 0 Å². The van der Waals surface area contributed by atoms with Crippen LogP contribution in [0.3, 0.4) is 0 Å². The van der Waals surface area contributed by atoms with E-state index in [1.54, 1.807) is 0 Å². The van der Waals surface area contributed by atoms with Crippen molar-refractivity contribution in [1.82, 2.24) is 9.97 Å². The average molecular weight is 241 g/mol. The van der Waals surface area contributed by atoms with Crippen molar-refractivity contribution in [3.05, 3.63) is 11.3 Å². The third-order valence-corrected chi connectivity index (χ3v) is 4.49. The number of nitrogens with one attached hydrogen (secondary N) is 1. The highest BCUT2D eigenvalue weighted by Crippen LogP contribution is 2.63. The van der Waals surface area contributed by atoms with E-state index >= 15 is 0 Å². The molecule has 0 aliphatic heterocycles. The number of halogens is 1. The molecule has 4 nitrogen and oxygen atoms in total. The lowest BCUT2D eigenvalue weighted by Crippen LogP contribution is -2.12. The second-order valence-electron chi connectivity index (χ2n) is 5.44. The zero-order valence-corrected chi connectivity index (χ0v) is 10.8. The monoisotopic (exact) mass is 240 g/mol. The summed E-state index contributed by atoms with van der Waals surface area (Å²) in [6, 6.07) is 0.354. The molecule has 1 heterocycles. The van der Waals surface area contributed by atoms with Gasteiger partial charge in [0.1, 0.15) is 17.2 Å². The molecule has 1 saturated carbocycles. The Morgan fingerprint density at radius 1 is 1.25 bits per heavy atom. The molecule has 1 aromatic heterocycles. The molecule has 2 rings (SSSR count). The fraction of sp³-hybridized carbons (Fsp3) is 0.636. The molecule has 0 amide bonds. The largest absolute Gasteiger partial charge is 0.382 e. The molecule has 0 atom stereocenters. The van der Waals surface area contributed by atoms with Crippen LogP contribution in [-0.2, 0) is 0 Å². The molecule has 1 aliphatic rings. The number of rotatable bonds is 2. The van der Waals surface area contributed by atoms with Crippen molar-refractivity contribution in [1.29, 1.82) is 0 Å². The summed E-state index contributed by atoms with van der Waals surface area (Å²) in [6.45, 7) is 8.90. The zero-order chi connectivity index (χ0) is 12.1. The molecule has 0 spiro atoms. The molecule has 16 heavy (non-hydrogen) atoms. The van der Waals surface area contributed by atoms with Crippen molar-refractivity contribution in [2.45, 2.75) is 33.7 Å². The van der Waals surface area contributed by atoms with Gasteiger partial charge in [0.05, 0.1) is 0 Å². The Kier molecular flexibility index (Phi) is 2.31. The number of nitrogens with zero attached hydrogens (tertiary/aromatic N) is 2. The fourth-order valence-corrected chi connectivity index (χ4v) is 2.33. The summed E-state index contributed by atoms with van der Waals surface area (Å²) in [4.78, 5) is 7.95. The van der Waals surface area contributed by atoms with Crippen LogP contribution in [-0.4, -0.2) is 16.0 Å². The van der Waals surface area contributed by atoms with Crippen molar-refractivity contribution in [2.75, 3.05) is 11.1 Å². The van der Waals surface area contributed by atoms with Crippen molar-refractivity contribution >= 4 is 23.2 Å². The van der Waals surface area contributed by atoms with Gasteiger partial charge in [0, 0.05) is 6.04 Å². The van der Waals surface area contributed by atoms with Gasteiger partial charge >= 0.3 is 0 Å². The zero-order valence-electron chi connectivity index (χ0n) is 10.0. The summed E-state index contributed by atoms with van der Waals surface area (Å²) in [5.74, 6) is 0.938. The van der Waals surface area contributed by atoms with E-state index in [4.69, 9.17) is 17.3 Å². The standard InChI is InChI=1S/C11H17ClN4/c1-10(2)9(11(10,3)4)16-8-6(12)7(13)14-5-15-8/h5,9H,1-4H3,(H3,13,14,15,16). The van der Waals surface area contributed by atoms with Gasteiger partial charge in [-0.15, -0.1) is 0 Å². The first-order valence-corrected chi connectivity index (χ1v) is 5.69. The van der Waals surface area contributed by atoms with Crippen LogP contribution in [0.25, 0.3) is 0 Å². The van der Waals surface area contributed by atoms with E-state index in [2.05, 4.69) is 43.0 Å². The first-order chi connectivity index (χ1) is 7.28. The van der Waals surface area contributed by atoms with Crippen molar-refractivity contribution in [2.24, 2.45) is 10.8 Å². The lowest BCUT2D eigenvalue weighted by Gasteiger charge is -2.09. The molecule has 0 bridgehead atoms. The maximum atomic E-state index is 6.04. The molecule has 88 valence electrons. The van der Waals surface area contributed by atoms with Gasteiger partial charge in [-0.1, -0.05) is 39.3 Å². The van der Waals surface area contributed by atoms with Crippen LogP contribution in [0.1, 0.15) is 27.7 Å². The topological polar surface area (TPSA) is 63.8 Å². The third-order valence-electron chi connectivity index (χ3n) is 4.12. The summed E-state index contributed by atoms with van der Waals surface area (Å²) in [5, 5.41) is 3.75. The quantitative estimate of drug-likeness (QED) is 0.834. The second-order valence-corrected chi connectivity index (χ2v) is 5.82.